The lowest BCUT2D eigenvalue weighted by Crippen LogP contribution is -2.45. The minimum atomic E-state index is -1.51. The largest absolute Gasteiger partial charge is 0.472 e. The maximum absolute atomic E-state index is 13.6. The molecule has 1 saturated heterocycles. The fourth-order valence-electron chi connectivity index (χ4n) is 4.70. The van der Waals surface area contributed by atoms with Gasteiger partial charge in [0.05, 0.1) is 36.6 Å². The third kappa shape index (κ3) is 2.73. The van der Waals surface area contributed by atoms with Crippen LogP contribution >= 0.6 is 0 Å². The van der Waals surface area contributed by atoms with Gasteiger partial charge < -0.3 is 14.1 Å². The number of ether oxygens (including phenoxy) is 1. The number of benzene rings is 2. The molecular formula is C25H17N3O3. The van der Waals surface area contributed by atoms with E-state index in [1.54, 1.807) is 30.3 Å². The van der Waals surface area contributed by atoms with Crippen LogP contribution in [-0.2, 0) is 4.79 Å². The zero-order chi connectivity index (χ0) is 21.4. The lowest BCUT2D eigenvalue weighted by Gasteiger charge is -2.34. The summed E-state index contributed by atoms with van der Waals surface area (Å²) in [7, 11) is 0. The van der Waals surface area contributed by atoms with Crippen LogP contribution in [0.1, 0.15) is 17.0 Å². The van der Waals surface area contributed by atoms with Gasteiger partial charge in [0.25, 0.3) is 0 Å². The number of anilines is 1. The number of carbonyl (C=O) groups excluding carboxylic acids is 1. The average Bonchev–Trinajstić information content (AvgIpc) is 3.44. The Bertz CT molecular complexity index is 1220. The van der Waals surface area contributed by atoms with Crippen LogP contribution in [0.2, 0.25) is 0 Å². The molecule has 5 rings (SSSR count). The Kier molecular flexibility index (Phi) is 4.34. The van der Waals surface area contributed by atoms with Gasteiger partial charge in [0, 0.05) is 5.69 Å². The first-order chi connectivity index (χ1) is 15.2. The van der Waals surface area contributed by atoms with Crippen molar-refractivity contribution in [3.05, 3.63) is 90.4 Å². The molecule has 0 amide bonds. The molecule has 3 atom stereocenters. The summed E-state index contributed by atoms with van der Waals surface area (Å²) in [5.74, 6) is -0.889. The molecule has 31 heavy (non-hydrogen) atoms. The van der Waals surface area contributed by atoms with E-state index >= 15 is 0 Å². The maximum atomic E-state index is 13.6. The number of hydrogen-bond donors (Lipinski definition) is 0. The topological polar surface area (TPSA) is 90.3 Å². The van der Waals surface area contributed by atoms with Gasteiger partial charge >= 0.3 is 5.97 Å². The molecule has 3 aromatic rings. The summed E-state index contributed by atoms with van der Waals surface area (Å²) in [6.45, 7) is 0. The SMILES string of the molecule is N#CC1(C#N)[C@@H](c2ccoc2)[C@H](C(=O)Oc2ccccc2)N2c3ccccc3C=C[C@@H]21. The van der Waals surface area contributed by atoms with Gasteiger partial charge in [-0.1, -0.05) is 48.6 Å². The number of fused-ring (bicyclic) bond motifs is 3. The molecule has 2 aromatic carbocycles. The molecule has 2 aliphatic rings. The van der Waals surface area contributed by atoms with Crippen LogP contribution in [0.5, 0.6) is 5.75 Å². The van der Waals surface area contributed by atoms with Crippen LogP contribution in [0, 0.1) is 28.1 Å². The quantitative estimate of drug-likeness (QED) is 0.475. The highest BCUT2D eigenvalue weighted by Crippen LogP contribution is 2.55. The fraction of sp³-hybridized carbons (Fsp3) is 0.160. The summed E-state index contributed by atoms with van der Waals surface area (Å²) in [6.07, 6.45) is 6.70. The van der Waals surface area contributed by atoms with Crippen LogP contribution in [0.4, 0.5) is 5.69 Å². The van der Waals surface area contributed by atoms with Crippen molar-refractivity contribution in [2.24, 2.45) is 5.41 Å². The van der Waals surface area contributed by atoms with Crippen molar-refractivity contribution in [1.82, 2.24) is 0 Å². The first-order valence-corrected chi connectivity index (χ1v) is 9.86. The van der Waals surface area contributed by atoms with Crippen LogP contribution in [-0.4, -0.2) is 18.1 Å². The summed E-state index contributed by atoms with van der Waals surface area (Å²) in [5.41, 5.74) is 0.798. The first-order valence-electron chi connectivity index (χ1n) is 9.86. The van der Waals surface area contributed by atoms with E-state index in [4.69, 9.17) is 9.15 Å². The van der Waals surface area contributed by atoms with E-state index in [9.17, 15) is 15.3 Å². The van der Waals surface area contributed by atoms with E-state index in [0.717, 1.165) is 11.3 Å². The Balaban J connectivity index is 1.70. The lowest BCUT2D eigenvalue weighted by molar-refractivity contribution is -0.136. The van der Waals surface area contributed by atoms with Crippen molar-refractivity contribution < 1.29 is 13.9 Å². The molecule has 3 heterocycles. The molecule has 1 fully saturated rings. The summed E-state index contributed by atoms with van der Waals surface area (Å²) < 4.78 is 11.0. The number of nitriles is 2. The van der Waals surface area contributed by atoms with E-state index in [1.165, 1.54) is 12.5 Å². The Morgan fingerprint density at radius 2 is 1.77 bits per heavy atom. The molecular weight excluding hydrogens is 390 g/mol. The van der Waals surface area contributed by atoms with E-state index < -0.39 is 29.4 Å². The maximum Gasteiger partial charge on any atom is 0.334 e. The number of nitrogens with zero attached hydrogens (tertiary/aromatic N) is 3. The van der Waals surface area contributed by atoms with E-state index in [0.29, 0.717) is 11.3 Å². The summed E-state index contributed by atoms with van der Waals surface area (Å²) in [5, 5.41) is 20.5. The summed E-state index contributed by atoms with van der Waals surface area (Å²) in [4.78, 5) is 15.4. The molecule has 150 valence electrons. The number of para-hydroxylation sites is 2. The molecule has 0 N–H and O–H groups in total. The second-order valence-electron chi connectivity index (χ2n) is 7.58. The molecule has 2 aliphatic heterocycles. The summed E-state index contributed by atoms with van der Waals surface area (Å²) in [6, 6.07) is 21.1. The number of rotatable bonds is 3. The minimum Gasteiger partial charge on any atom is -0.472 e. The molecule has 0 unspecified atom stereocenters. The normalized spacial score (nSPS) is 22.6. The minimum absolute atomic E-state index is 0.405. The van der Waals surface area contributed by atoms with Crippen molar-refractivity contribution in [2.45, 2.75) is 18.0 Å². The van der Waals surface area contributed by atoms with Crippen LogP contribution in [0.25, 0.3) is 6.08 Å². The third-order valence-electron chi connectivity index (χ3n) is 6.02. The van der Waals surface area contributed by atoms with Gasteiger partial charge in [-0.15, -0.1) is 0 Å². The van der Waals surface area contributed by atoms with Gasteiger partial charge in [-0.2, -0.15) is 10.5 Å². The first kappa shape index (κ1) is 18.7. The van der Waals surface area contributed by atoms with E-state index in [-0.39, 0.29) is 0 Å². The van der Waals surface area contributed by atoms with Gasteiger partial charge in [0.2, 0.25) is 0 Å². The fourth-order valence-corrected chi connectivity index (χ4v) is 4.70. The van der Waals surface area contributed by atoms with Crippen LogP contribution < -0.4 is 9.64 Å². The second-order valence-corrected chi connectivity index (χ2v) is 7.58. The van der Waals surface area contributed by atoms with Gasteiger partial charge in [0.15, 0.2) is 5.41 Å². The Morgan fingerprint density at radius 1 is 1.03 bits per heavy atom. The average molecular weight is 407 g/mol. The third-order valence-corrected chi connectivity index (χ3v) is 6.02. The predicted octanol–water partition coefficient (Wildman–Crippen LogP) is 4.29. The Labute approximate surface area is 179 Å². The molecule has 1 aromatic heterocycles. The number of furan rings is 1. The molecule has 0 aliphatic carbocycles. The molecule has 0 bridgehead atoms. The smallest absolute Gasteiger partial charge is 0.334 e. The number of hydrogen-bond acceptors (Lipinski definition) is 6. The van der Waals surface area contributed by atoms with Gasteiger partial charge in [-0.3, -0.25) is 0 Å². The van der Waals surface area contributed by atoms with Crippen molar-refractivity contribution in [1.29, 1.82) is 10.5 Å². The highest BCUT2D eigenvalue weighted by molar-refractivity contribution is 5.89. The van der Waals surface area contributed by atoms with E-state index in [1.807, 2.05) is 47.4 Å². The molecule has 6 heteroatoms. The Hall–Kier alpha value is -4.29. The Morgan fingerprint density at radius 3 is 2.48 bits per heavy atom. The van der Waals surface area contributed by atoms with Gasteiger partial charge in [-0.25, -0.2) is 4.79 Å². The van der Waals surface area contributed by atoms with Crippen LogP contribution in [0.15, 0.2) is 83.7 Å². The molecule has 0 spiro atoms. The number of esters is 1. The predicted molar refractivity (Wildman–Crippen MR) is 113 cm³/mol. The van der Waals surface area contributed by atoms with Crippen molar-refractivity contribution >= 4 is 17.7 Å². The second kappa shape index (κ2) is 7.19. The van der Waals surface area contributed by atoms with Gasteiger partial charge in [-0.05, 0) is 35.4 Å². The monoisotopic (exact) mass is 407 g/mol. The lowest BCUT2D eigenvalue weighted by atomic mass is 9.70. The zero-order valence-corrected chi connectivity index (χ0v) is 16.4. The summed E-state index contributed by atoms with van der Waals surface area (Å²) >= 11 is 0. The van der Waals surface area contributed by atoms with Crippen molar-refractivity contribution in [2.75, 3.05) is 4.90 Å². The molecule has 0 saturated carbocycles. The zero-order valence-electron chi connectivity index (χ0n) is 16.4. The van der Waals surface area contributed by atoms with E-state index in [2.05, 4.69) is 12.1 Å². The van der Waals surface area contributed by atoms with Gasteiger partial charge in [0.1, 0.15) is 11.8 Å². The van der Waals surface area contributed by atoms with Crippen LogP contribution in [0.3, 0.4) is 0 Å². The number of carbonyl (C=O) groups is 1. The van der Waals surface area contributed by atoms with Crippen molar-refractivity contribution in [3.63, 3.8) is 0 Å². The van der Waals surface area contributed by atoms with Crippen molar-refractivity contribution in [3.8, 4) is 17.9 Å². The molecule has 0 radical (unpaired) electrons. The standard InChI is InChI=1S/C25H17N3O3/c26-15-25(16-27)21-11-10-17-6-4-5-9-20(17)28(21)23(22(25)18-12-13-30-14-18)24(29)31-19-7-2-1-3-8-19/h1-14,21-23H/t21-,22+,23-/m1/s1. The molecule has 6 nitrogen and oxygen atoms in total. The highest BCUT2D eigenvalue weighted by atomic mass is 16.5. The highest BCUT2D eigenvalue weighted by Gasteiger charge is 2.64.